The van der Waals surface area contributed by atoms with Gasteiger partial charge in [-0.3, -0.25) is 9.69 Å². The van der Waals surface area contributed by atoms with Crippen molar-refractivity contribution in [2.75, 3.05) is 23.7 Å². The van der Waals surface area contributed by atoms with Crippen molar-refractivity contribution in [3.05, 3.63) is 23.8 Å². The van der Waals surface area contributed by atoms with Crippen LogP contribution in [-0.2, 0) is 9.53 Å². The molecule has 1 fully saturated rings. The smallest absolute Gasteiger partial charge is 0.414 e. The number of ether oxygens (including phenoxy) is 1. The number of carbonyl (C=O) groups is 2. The van der Waals surface area contributed by atoms with E-state index in [4.69, 9.17) is 10.5 Å². The molecule has 1 saturated heterocycles. The van der Waals surface area contributed by atoms with Gasteiger partial charge in [-0.05, 0) is 30.7 Å². The second kappa shape index (κ2) is 5.17. The van der Waals surface area contributed by atoms with Gasteiger partial charge in [0.05, 0.1) is 18.8 Å². The molecular weight excluding hydrogens is 246 g/mol. The Hall–Kier alpha value is -2.24. The minimum Gasteiger partial charge on any atom is -0.442 e. The van der Waals surface area contributed by atoms with E-state index in [9.17, 15) is 9.59 Å². The Kier molecular flexibility index (Phi) is 3.59. The van der Waals surface area contributed by atoms with Gasteiger partial charge < -0.3 is 15.8 Å². The van der Waals surface area contributed by atoms with Crippen LogP contribution >= 0.6 is 0 Å². The van der Waals surface area contributed by atoms with Crippen molar-refractivity contribution in [2.24, 2.45) is 0 Å². The number of hydrogen-bond acceptors (Lipinski definition) is 4. The highest BCUT2D eigenvalue weighted by Crippen LogP contribution is 2.26. The van der Waals surface area contributed by atoms with Gasteiger partial charge >= 0.3 is 6.09 Å². The van der Waals surface area contributed by atoms with Crippen LogP contribution in [0.2, 0.25) is 0 Å². The van der Waals surface area contributed by atoms with Crippen molar-refractivity contribution in [1.29, 1.82) is 0 Å². The molecule has 0 bridgehead atoms. The number of amides is 2. The van der Waals surface area contributed by atoms with Crippen LogP contribution in [0.25, 0.3) is 0 Å². The molecule has 1 heterocycles. The molecule has 1 atom stereocenters. The summed E-state index contributed by atoms with van der Waals surface area (Å²) in [4.78, 5) is 24.2. The Morgan fingerprint density at radius 2 is 2.32 bits per heavy atom. The first-order valence-corrected chi connectivity index (χ1v) is 6.06. The zero-order valence-corrected chi connectivity index (χ0v) is 11.0. The largest absolute Gasteiger partial charge is 0.442 e. The highest BCUT2D eigenvalue weighted by molar-refractivity contribution is 5.91. The minimum atomic E-state index is -0.400. The molecule has 2 amide bonds. The monoisotopic (exact) mass is 263 g/mol. The molecule has 0 aliphatic carbocycles. The van der Waals surface area contributed by atoms with Crippen molar-refractivity contribution < 1.29 is 14.3 Å². The van der Waals surface area contributed by atoms with Gasteiger partial charge in [0.1, 0.15) is 6.10 Å². The molecule has 1 unspecified atom stereocenters. The zero-order valence-electron chi connectivity index (χ0n) is 11.0. The van der Waals surface area contributed by atoms with Crippen molar-refractivity contribution >= 4 is 23.4 Å². The molecule has 0 saturated carbocycles. The first kappa shape index (κ1) is 13.2. The van der Waals surface area contributed by atoms with E-state index >= 15 is 0 Å². The summed E-state index contributed by atoms with van der Waals surface area (Å²) in [5.74, 6) is -0.141. The summed E-state index contributed by atoms with van der Waals surface area (Å²) in [6.45, 7) is 4.06. The van der Waals surface area contributed by atoms with Gasteiger partial charge in [-0.15, -0.1) is 0 Å². The van der Waals surface area contributed by atoms with Crippen molar-refractivity contribution in [2.45, 2.75) is 20.0 Å². The SMILES string of the molecule is CC(=O)NCC1CN(c2ccc(N)cc2C)C(=O)O1. The van der Waals surface area contributed by atoms with Crippen molar-refractivity contribution in [3.63, 3.8) is 0 Å². The highest BCUT2D eigenvalue weighted by atomic mass is 16.6. The van der Waals surface area contributed by atoms with E-state index in [1.165, 1.54) is 6.92 Å². The number of benzene rings is 1. The molecule has 0 radical (unpaired) electrons. The quantitative estimate of drug-likeness (QED) is 0.798. The third-order valence-electron chi connectivity index (χ3n) is 2.96. The second-order valence-corrected chi connectivity index (χ2v) is 4.60. The van der Waals surface area contributed by atoms with E-state index in [0.29, 0.717) is 18.8 Å². The lowest BCUT2D eigenvalue weighted by Gasteiger charge is -2.16. The second-order valence-electron chi connectivity index (χ2n) is 4.60. The number of nitrogens with one attached hydrogen (secondary N) is 1. The van der Waals surface area contributed by atoms with Gasteiger partial charge in [0.25, 0.3) is 0 Å². The van der Waals surface area contributed by atoms with E-state index in [1.54, 1.807) is 17.0 Å². The molecule has 0 spiro atoms. The van der Waals surface area contributed by atoms with E-state index in [2.05, 4.69) is 5.32 Å². The first-order chi connectivity index (χ1) is 8.97. The number of aryl methyl sites for hydroxylation is 1. The molecule has 0 aromatic heterocycles. The Bertz CT molecular complexity index is 516. The number of nitrogens with two attached hydrogens (primary N) is 1. The van der Waals surface area contributed by atoms with Crippen molar-refractivity contribution in [1.82, 2.24) is 5.32 Å². The maximum Gasteiger partial charge on any atom is 0.414 e. The molecule has 102 valence electrons. The molecule has 2 rings (SSSR count). The zero-order chi connectivity index (χ0) is 14.0. The summed E-state index contributed by atoms with van der Waals surface area (Å²) in [7, 11) is 0. The molecule has 1 aliphatic heterocycles. The molecule has 1 aromatic rings. The fourth-order valence-corrected chi connectivity index (χ4v) is 2.06. The number of anilines is 2. The van der Waals surface area contributed by atoms with Crippen LogP contribution in [0.3, 0.4) is 0 Å². The fourth-order valence-electron chi connectivity index (χ4n) is 2.06. The summed E-state index contributed by atoms with van der Waals surface area (Å²) in [5, 5.41) is 2.64. The number of hydrogen-bond donors (Lipinski definition) is 2. The summed E-state index contributed by atoms with van der Waals surface area (Å²) >= 11 is 0. The first-order valence-electron chi connectivity index (χ1n) is 6.06. The van der Waals surface area contributed by atoms with Gasteiger partial charge in [-0.1, -0.05) is 0 Å². The number of nitrogens with zero attached hydrogens (tertiary/aromatic N) is 1. The lowest BCUT2D eigenvalue weighted by Crippen LogP contribution is -2.33. The lowest BCUT2D eigenvalue weighted by atomic mass is 10.1. The standard InChI is InChI=1S/C13H17N3O3/c1-8-5-10(14)3-4-12(8)16-7-11(19-13(16)18)6-15-9(2)17/h3-5,11H,6-7,14H2,1-2H3,(H,15,17). The van der Waals surface area contributed by atoms with Crippen LogP contribution < -0.4 is 16.0 Å². The summed E-state index contributed by atoms with van der Waals surface area (Å²) in [6.07, 6.45) is -0.725. The average Bonchev–Trinajstić information content (AvgIpc) is 2.68. The normalized spacial score (nSPS) is 18.3. The maximum atomic E-state index is 11.8. The van der Waals surface area contributed by atoms with E-state index in [1.807, 2.05) is 13.0 Å². The summed E-state index contributed by atoms with van der Waals surface area (Å²) < 4.78 is 5.21. The maximum absolute atomic E-state index is 11.8. The third kappa shape index (κ3) is 2.96. The fraction of sp³-hybridized carbons (Fsp3) is 0.385. The predicted molar refractivity (Wildman–Crippen MR) is 71.9 cm³/mol. The number of cyclic esters (lactones) is 1. The van der Waals surface area contributed by atoms with Crippen LogP contribution in [0.15, 0.2) is 18.2 Å². The van der Waals surface area contributed by atoms with Crippen LogP contribution in [0, 0.1) is 6.92 Å². The van der Waals surface area contributed by atoms with E-state index in [0.717, 1.165) is 11.3 Å². The summed E-state index contributed by atoms with van der Waals surface area (Å²) in [5.41, 5.74) is 8.04. The molecular formula is C13H17N3O3. The van der Waals surface area contributed by atoms with Crippen LogP contribution in [0.5, 0.6) is 0 Å². The predicted octanol–water partition coefficient (Wildman–Crippen LogP) is 1.04. The number of carbonyl (C=O) groups excluding carboxylic acids is 2. The summed E-state index contributed by atoms with van der Waals surface area (Å²) in [6, 6.07) is 5.35. The molecule has 6 nitrogen and oxygen atoms in total. The highest BCUT2D eigenvalue weighted by Gasteiger charge is 2.32. The van der Waals surface area contributed by atoms with Gasteiger partial charge in [0, 0.05) is 12.6 Å². The molecule has 6 heteroatoms. The molecule has 1 aromatic carbocycles. The van der Waals surface area contributed by atoms with Gasteiger partial charge in [-0.25, -0.2) is 4.79 Å². The average molecular weight is 263 g/mol. The Balaban J connectivity index is 2.09. The van der Waals surface area contributed by atoms with Crippen LogP contribution in [0.4, 0.5) is 16.2 Å². The topological polar surface area (TPSA) is 84.7 Å². The van der Waals surface area contributed by atoms with E-state index < -0.39 is 6.09 Å². The molecule has 1 aliphatic rings. The van der Waals surface area contributed by atoms with Crippen LogP contribution in [0.1, 0.15) is 12.5 Å². The van der Waals surface area contributed by atoms with Gasteiger partial charge in [0.2, 0.25) is 5.91 Å². The Labute approximate surface area is 111 Å². The molecule has 3 N–H and O–H groups in total. The lowest BCUT2D eigenvalue weighted by molar-refractivity contribution is -0.119. The van der Waals surface area contributed by atoms with Crippen molar-refractivity contribution in [3.8, 4) is 0 Å². The van der Waals surface area contributed by atoms with Crippen LogP contribution in [-0.4, -0.2) is 31.2 Å². The van der Waals surface area contributed by atoms with Gasteiger partial charge in [-0.2, -0.15) is 0 Å². The Morgan fingerprint density at radius 3 is 2.95 bits per heavy atom. The Morgan fingerprint density at radius 1 is 1.58 bits per heavy atom. The number of rotatable bonds is 3. The number of nitrogen functional groups attached to an aromatic ring is 1. The minimum absolute atomic E-state index is 0.141. The third-order valence-corrected chi connectivity index (χ3v) is 2.96. The van der Waals surface area contributed by atoms with Gasteiger partial charge in [0.15, 0.2) is 0 Å². The van der Waals surface area contributed by atoms with E-state index in [-0.39, 0.29) is 12.0 Å². The molecule has 19 heavy (non-hydrogen) atoms.